The van der Waals surface area contributed by atoms with Gasteiger partial charge in [-0.3, -0.25) is 0 Å². The van der Waals surface area contributed by atoms with E-state index >= 15 is 0 Å². The minimum absolute atomic E-state index is 0.348. The zero-order chi connectivity index (χ0) is 14.2. The molecule has 0 amide bonds. The van der Waals surface area contributed by atoms with E-state index in [-0.39, 0.29) is 0 Å². The van der Waals surface area contributed by atoms with Crippen LogP contribution in [0.5, 0.6) is 5.75 Å². The van der Waals surface area contributed by atoms with Gasteiger partial charge in [-0.25, -0.2) is 0 Å². The van der Waals surface area contributed by atoms with E-state index in [1.807, 2.05) is 12.1 Å². The molecule has 2 rings (SSSR count). The number of methoxy groups -OCH3 is 1. The van der Waals surface area contributed by atoms with Crippen LogP contribution in [0.1, 0.15) is 30.5 Å². The summed E-state index contributed by atoms with van der Waals surface area (Å²) < 4.78 is 5.26. The van der Waals surface area contributed by atoms with Crippen molar-refractivity contribution in [2.75, 3.05) is 13.7 Å². The van der Waals surface area contributed by atoms with Crippen LogP contribution in [0.3, 0.4) is 0 Å². The smallest absolute Gasteiger partial charge is 0.119 e. The first kappa shape index (κ1) is 14.6. The van der Waals surface area contributed by atoms with E-state index in [0.29, 0.717) is 6.04 Å². The van der Waals surface area contributed by atoms with Gasteiger partial charge in [-0.15, -0.1) is 0 Å². The van der Waals surface area contributed by atoms with E-state index in [0.717, 1.165) is 25.1 Å². The van der Waals surface area contributed by atoms with E-state index in [2.05, 4.69) is 54.7 Å². The predicted molar refractivity (Wildman–Crippen MR) is 84.2 cm³/mol. The predicted octanol–water partition coefficient (Wildman–Crippen LogP) is 3.98. The summed E-state index contributed by atoms with van der Waals surface area (Å²) in [5, 5.41) is 3.56. The van der Waals surface area contributed by atoms with Gasteiger partial charge in [0.2, 0.25) is 0 Å². The number of rotatable bonds is 7. The van der Waals surface area contributed by atoms with Crippen molar-refractivity contribution in [3.63, 3.8) is 0 Å². The topological polar surface area (TPSA) is 21.3 Å². The molecule has 2 aromatic rings. The largest absolute Gasteiger partial charge is 0.497 e. The highest BCUT2D eigenvalue weighted by Crippen LogP contribution is 2.18. The fourth-order valence-electron chi connectivity index (χ4n) is 2.28. The van der Waals surface area contributed by atoms with Gasteiger partial charge in [0.1, 0.15) is 5.75 Å². The lowest BCUT2D eigenvalue weighted by Gasteiger charge is -2.15. The molecule has 0 heterocycles. The Morgan fingerprint density at radius 1 is 1.05 bits per heavy atom. The maximum absolute atomic E-state index is 5.26. The Labute approximate surface area is 121 Å². The molecular formula is C18H23NO. The molecule has 1 atom stereocenters. The van der Waals surface area contributed by atoms with Gasteiger partial charge >= 0.3 is 0 Å². The molecule has 106 valence electrons. The highest BCUT2D eigenvalue weighted by molar-refractivity contribution is 5.30. The third-order valence-electron chi connectivity index (χ3n) is 3.53. The maximum atomic E-state index is 5.26. The SMILES string of the molecule is COc1cccc(C(C)NCCCc2ccccc2)c1. The monoisotopic (exact) mass is 269 g/mol. The van der Waals surface area contributed by atoms with Crippen LogP contribution in [0.2, 0.25) is 0 Å². The molecule has 0 aliphatic carbocycles. The number of nitrogens with one attached hydrogen (secondary N) is 1. The van der Waals surface area contributed by atoms with Crippen LogP contribution in [-0.2, 0) is 6.42 Å². The average molecular weight is 269 g/mol. The maximum Gasteiger partial charge on any atom is 0.119 e. The molecule has 0 aliphatic heterocycles. The fourth-order valence-corrected chi connectivity index (χ4v) is 2.28. The van der Waals surface area contributed by atoms with Crippen LogP contribution in [-0.4, -0.2) is 13.7 Å². The van der Waals surface area contributed by atoms with E-state index in [9.17, 15) is 0 Å². The quantitative estimate of drug-likeness (QED) is 0.768. The van der Waals surface area contributed by atoms with Crippen molar-refractivity contribution in [3.05, 3.63) is 65.7 Å². The van der Waals surface area contributed by atoms with Crippen molar-refractivity contribution in [2.24, 2.45) is 0 Å². The third-order valence-corrected chi connectivity index (χ3v) is 3.53. The summed E-state index contributed by atoms with van der Waals surface area (Å²) in [6.45, 7) is 3.21. The van der Waals surface area contributed by atoms with E-state index in [4.69, 9.17) is 4.74 Å². The Kier molecular flexibility index (Phi) is 5.63. The molecule has 0 radical (unpaired) electrons. The van der Waals surface area contributed by atoms with E-state index in [1.54, 1.807) is 7.11 Å². The van der Waals surface area contributed by atoms with Crippen LogP contribution in [0.15, 0.2) is 54.6 Å². The van der Waals surface area contributed by atoms with Crippen molar-refractivity contribution in [1.29, 1.82) is 0 Å². The van der Waals surface area contributed by atoms with Crippen molar-refractivity contribution < 1.29 is 4.74 Å². The van der Waals surface area contributed by atoms with Gasteiger partial charge in [-0.05, 0) is 49.6 Å². The van der Waals surface area contributed by atoms with Crippen LogP contribution in [0, 0.1) is 0 Å². The van der Waals surface area contributed by atoms with Crippen molar-refractivity contribution in [3.8, 4) is 5.75 Å². The number of hydrogen-bond donors (Lipinski definition) is 1. The first-order valence-corrected chi connectivity index (χ1v) is 7.21. The van der Waals surface area contributed by atoms with Gasteiger partial charge in [-0.1, -0.05) is 42.5 Å². The first-order chi connectivity index (χ1) is 9.79. The zero-order valence-corrected chi connectivity index (χ0v) is 12.3. The van der Waals surface area contributed by atoms with Crippen LogP contribution in [0.25, 0.3) is 0 Å². The molecule has 2 aromatic carbocycles. The molecule has 20 heavy (non-hydrogen) atoms. The molecular weight excluding hydrogens is 246 g/mol. The standard InChI is InChI=1S/C18H23NO/c1-15(17-11-6-12-18(14-17)20-2)19-13-7-10-16-8-4-3-5-9-16/h3-6,8-9,11-12,14-15,19H,7,10,13H2,1-2H3. The van der Waals surface area contributed by atoms with Gasteiger partial charge in [0.15, 0.2) is 0 Å². The molecule has 1 N–H and O–H groups in total. The Balaban J connectivity index is 1.76. The Morgan fingerprint density at radius 2 is 1.85 bits per heavy atom. The Hall–Kier alpha value is -1.80. The van der Waals surface area contributed by atoms with Gasteiger partial charge < -0.3 is 10.1 Å². The van der Waals surface area contributed by atoms with E-state index in [1.165, 1.54) is 11.1 Å². The lowest BCUT2D eigenvalue weighted by Crippen LogP contribution is -2.20. The molecule has 2 nitrogen and oxygen atoms in total. The van der Waals surface area contributed by atoms with Gasteiger partial charge in [0.25, 0.3) is 0 Å². The Bertz CT molecular complexity index is 510. The molecule has 0 spiro atoms. The summed E-state index contributed by atoms with van der Waals surface area (Å²) in [6, 6.07) is 19.2. The molecule has 1 unspecified atom stereocenters. The lowest BCUT2D eigenvalue weighted by atomic mass is 10.1. The molecule has 0 aliphatic rings. The minimum atomic E-state index is 0.348. The number of ether oxygens (including phenoxy) is 1. The van der Waals surface area contributed by atoms with Crippen LogP contribution >= 0.6 is 0 Å². The molecule has 0 saturated carbocycles. The Morgan fingerprint density at radius 3 is 2.60 bits per heavy atom. The zero-order valence-electron chi connectivity index (χ0n) is 12.3. The van der Waals surface area contributed by atoms with E-state index < -0.39 is 0 Å². The van der Waals surface area contributed by atoms with Crippen molar-refractivity contribution in [1.82, 2.24) is 5.32 Å². The van der Waals surface area contributed by atoms with Gasteiger partial charge in [0, 0.05) is 6.04 Å². The molecule has 0 aromatic heterocycles. The average Bonchev–Trinajstić information content (AvgIpc) is 2.52. The number of hydrogen-bond acceptors (Lipinski definition) is 2. The fraction of sp³-hybridized carbons (Fsp3) is 0.333. The second-order valence-electron chi connectivity index (χ2n) is 5.04. The third kappa shape index (κ3) is 4.39. The second-order valence-corrected chi connectivity index (χ2v) is 5.04. The molecule has 0 fully saturated rings. The lowest BCUT2D eigenvalue weighted by molar-refractivity contribution is 0.413. The van der Waals surface area contributed by atoms with Gasteiger partial charge in [-0.2, -0.15) is 0 Å². The minimum Gasteiger partial charge on any atom is -0.497 e. The summed E-state index contributed by atoms with van der Waals surface area (Å²) in [4.78, 5) is 0. The summed E-state index contributed by atoms with van der Waals surface area (Å²) >= 11 is 0. The molecule has 0 saturated heterocycles. The summed E-state index contributed by atoms with van der Waals surface area (Å²) in [5.41, 5.74) is 2.67. The molecule has 0 bridgehead atoms. The molecule has 2 heteroatoms. The van der Waals surface area contributed by atoms with Gasteiger partial charge in [0.05, 0.1) is 7.11 Å². The number of aryl methyl sites for hydroxylation is 1. The van der Waals surface area contributed by atoms with Crippen LogP contribution in [0.4, 0.5) is 0 Å². The number of benzene rings is 2. The van der Waals surface area contributed by atoms with Crippen molar-refractivity contribution >= 4 is 0 Å². The van der Waals surface area contributed by atoms with Crippen LogP contribution < -0.4 is 10.1 Å². The normalized spacial score (nSPS) is 12.1. The summed E-state index contributed by atoms with van der Waals surface area (Å²) in [6.07, 6.45) is 2.27. The highest BCUT2D eigenvalue weighted by Gasteiger charge is 2.05. The summed E-state index contributed by atoms with van der Waals surface area (Å²) in [5.74, 6) is 0.917. The van der Waals surface area contributed by atoms with Crippen molar-refractivity contribution in [2.45, 2.75) is 25.8 Å². The summed E-state index contributed by atoms with van der Waals surface area (Å²) in [7, 11) is 1.71. The first-order valence-electron chi connectivity index (χ1n) is 7.21. The highest BCUT2D eigenvalue weighted by atomic mass is 16.5. The second kappa shape index (κ2) is 7.71.